The Hall–Kier alpha value is -1.43. The number of anilines is 1. The largest absolute Gasteiger partial charge is 0.395 e. The van der Waals surface area contributed by atoms with E-state index in [4.69, 9.17) is 10.6 Å². The van der Waals surface area contributed by atoms with E-state index in [1.807, 2.05) is 0 Å². The minimum Gasteiger partial charge on any atom is -0.395 e. The molecule has 0 aliphatic heterocycles. The molecule has 0 aromatic carbocycles. The Morgan fingerprint density at radius 1 is 1.92 bits per heavy atom. The first-order valence-electron chi connectivity index (χ1n) is 3.64. The van der Waals surface area contributed by atoms with E-state index < -0.39 is 0 Å². The normalized spacial score (nSPS) is 11.3. The van der Waals surface area contributed by atoms with Gasteiger partial charge in [-0.3, -0.25) is 4.79 Å². The lowest BCUT2D eigenvalue weighted by Crippen LogP contribution is -2.04. The summed E-state index contributed by atoms with van der Waals surface area (Å²) in [5.41, 5.74) is 6.01. The number of hydrogen-bond donors (Lipinski definition) is 1. The van der Waals surface area contributed by atoms with Gasteiger partial charge in [0.15, 0.2) is 17.1 Å². The number of oxime groups is 1. The van der Waals surface area contributed by atoms with Crippen molar-refractivity contribution in [1.29, 1.82) is 0 Å². The molecule has 0 saturated heterocycles. The summed E-state index contributed by atoms with van der Waals surface area (Å²) in [4.78, 5) is 19.2. The maximum atomic E-state index is 10.5. The Bertz CT molecular complexity index is 321. The van der Waals surface area contributed by atoms with Crippen molar-refractivity contribution in [3.63, 3.8) is 0 Å². The highest BCUT2D eigenvalue weighted by molar-refractivity contribution is 7.13. The Labute approximate surface area is 79.2 Å². The monoisotopic (exact) mass is 199 g/mol. The topological polar surface area (TPSA) is 77.6 Å². The zero-order chi connectivity index (χ0) is 9.68. The third-order valence-corrected chi connectivity index (χ3v) is 1.86. The van der Waals surface area contributed by atoms with Crippen LogP contribution in [0.15, 0.2) is 10.5 Å². The predicted molar refractivity (Wildman–Crippen MR) is 50.8 cm³/mol. The van der Waals surface area contributed by atoms with Crippen molar-refractivity contribution < 1.29 is 9.63 Å². The lowest BCUT2D eigenvalue weighted by molar-refractivity contribution is -0.102. The van der Waals surface area contributed by atoms with Crippen molar-refractivity contribution in [3.8, 4) is 0 Å². The van der Waals surface area contributed by atoms with Crippen LogP contribution < -0.4 is 5.73 Å². The van der Waals surface area contributed by atoms with Crippen LogP contribution in [0, 0.1) is 0 Å². The van der Waals surface area contributed by atoms with Gasteiger partial charge in [-0.1, -0.05) is 5.16 Å². The van der Waals surface area contributed by atoms with Crippen LogP contribution in [0.25, 0.3) is 0 Å². The van der Waals surface area contributed by atoms with E-state index in [0.29, 0.717) is 23.7 Å². The van der Waals surface area contributed by atoms with Crippen LogP contribution in [0.1, 0.15) is 12.6 Å². The van der Waals surface area contributed by atoms with Crippen molar-refractivity contribution in [1.82, 2.24) is 4.98 Å². The smallest absolute Gasteiger partial charge is 0.180 e. The highest BCUT2D eigenvalue weighted by atomic mass is 32.1. The number of hydrogen-bond acceptors (Lipinski definition) is 6. The second-order valence-corrected chi connectivity index (χ2v) is 2.97. The molecule has 0 aliphatic carbocycles. The van der Waals surface area contributed by atoms with Crippen LogP contribution in [-0.4, -0.2) is 23.6 Å². The fraction of sp³-hybridized carbons (Fsp3) is 0.286. The van der Waals surface area contributed by atoms with E-state index in [1.165, 1.54) is 11.3 Å². The maximum absolute atomic E-state index is 10.5. The van der Waals surface area contributed by atoms with Crippen LogP contribution in [0.5, 0.6) is 0 Å². The van der Waals surface area contributed by atoms with Gasteiger partial charge < -0.3 is 10.6 Å². The molecule has 0 atom stereocenters. The lowest BCUT2D eigenvalue weighted by Gasteiger charge is -1.93. The van der Waals surface area contributed by atoms with Gasteiger partial charge in [-0.05, 0) is 6.92 Å². The number of nitrogens with two attached hydrogens (primary N) is 1. The molecule has 1 aromatic rings. The van der Waals surface area contributed by atoms with Gasteiger partial charge in [-0.15, -0.1) is 11.3 Å². The summed E-state index contributed by atoms with van der Waals surface area (Å²) in [6, 6.07) is 0. The molecule has 0 unspecified atom stereocenters. The van der Waals surface area contributed by atoms with Gasteiger partial charge in [0.25, 0.3) is 0 Å². The van der Waals surface area contributed by atoms with Crippen molar-refractivity contribution in [2.24, 2.45) is 5.16 Å². The zero-order valence-electron chi connectivity index (χ0n) is 7.06. The van der Waals surface area contributed by atoms with Gasteiger partial charge >= 0.3 is 0 Å². The highest BCUT2D eigenvalue weighted by Gasteiger charge is 2.06. The van der Waals surface area contributed by atoms with Gasteiger partial charge in [0.05, 0.1) is 0 Å². The number of aldehydes is 1. The summed E-state index contributed by atoms with van der Waals surface area (Å²) in [5, 5.41) is 5.64. The molecular formula is C7H9N3O2S. The second kappa shape index (κ2) is 4.56. The minimum absolute atomic E-state index is 0.162. The molecule has 0 aliphatic rings. The minimum atomic E-state index is 0.162. The number of nitrogens with zero attached hydrogens (tertiary/aromatic N) is 2. The molecule has 5 nitrogen and oxygen atoms in total. The number of carbonyl (C=O) groups excluding carboxylic acids is 1. The van der Waals surface area contributed by atoms with Crippen molar-refractivity contribution in [3.05, 3.63) is 11.1 Å². The Balaban J connectivity index is 2.84. The predicted octanol–water partition coefficient (Wildman–Crippen LogP) is 0.665. The van der Waals surface area contributed by atoms with Crippen LogP contribution in [0.4, 0.5) is 5.13 Å². The van der Waals surface area contributed by atoms with Crippen LogP contribution in [-0.2, 0) is 9.63 Å². The van der Waals surface area contributed by atoms with Crippen molar-refractivity contribution >= 4 is 28.5 Å². The van der Waals surface area contributed by atoms with E-state index in [2.05, 4.69) is 10.1 Å². The zero-order valence-corrected chi connectivity index (χ0v) is 7.87. The molecule has 70 valence electrons. The third kappa shape index (κ3) is 2.51. The molecule has 0 radical (unpaired) electrons. The Kier molecular flexibility index (Phi) is 3.39. The van der Waals surface area contributed by atoms with Gasteiger partial charge in [-0.2, -0.15) is 0 Å². The molecule has 1 heterocycles. The van der Waals surface area contributed by atoms with E-state index in [9.17, 15) is 4.79 Å². The standard InChI is InChI=1S/C7H9N3O2S/c1-2-12-10-5(3-11)6-4-13-7(8)9-6/h3-4H,2H2,1H3,(H2,8,9)/b10-5+. The van der Waals surface area contributed by atoms with Gasteiger partial charge in [0, 0.05) is 5.38 Å². The average molecular weight is 199 g/mol. The number of carbonyl (C=O) groups is 1. The fourth-order valence-corrected chi connectivity index (χ4v) is 1.22. The van der Waals surface area contributed by atoms with Crippen molar-refractivity contribution in [2.75, 3.05) is 12.3 Å². The van der Waals surface area contributed by atoms with E-state index in [1.54, 1.807) is 12.3 Å². The first-order chi connectivity index (χ1) is 6.27. The summed E-state index contributed by atoms with van der Waals surface area (Å²) in [7, 11) is 0. The fourth-order valence-electron chi connectivity index (χ4n) is 0.668. The first-order valence-corrected chi connectivity index (χ1v) is 4.52. The van der Waals surface area contributed by atoms with E-state index in [-0.39, 0.29) is 5.71 Å². The maximum Gasteiger partial charge on any atom is 0.180 e. The summed E-state index contributed by atoms with van der Waals surface area (Å²) < 4.78 is 0. The molecule has 6 heteroatoms. The number of rotatable bonds is 4. The summed E-state index contributed by atoms with van der Waals surface area (Å²) in [5.74, 6) is 0. The van der Waals surface area contributed by atoms with Crippen molar-refractivity contribution in [2.45, 2.75) is 6.92 Å². The van der Waals surface area contributed by atoms with Crippen LogP contribution >= 0.6 is 11.3 Å². The summed E-state index contributed by atoms with van der Waals surface area (Å²) >= 11 is 1.25. The number of thiazole rings is 1. The molecule has 2 N–H and O–H groups in total. The summed E-state index contributed by atoms with van der Waals surface area (Å²) in [6.07, 6.45) is 0.587. The van der Waals surface area contributed by atoms with Gasteiger partial charge in [0.1, 0.15) is 12.3 Å². The molecule has 1 aromatic heterocycles. The van der Waals surface area contributed by atoms with Crippen LogP contribution in [0.3, 0.4) is 0 Å². The quantitative estimate of drug-likeness (QED) is 0.439. The van der Waals surface area contributed by atoms with E-state index in [0.717, 1.165) is 0 Å². The highest BCUT2D eigenvalue weighted by Crippen LogP contribution is 2.11. The Morgan fingerprint density at radius 2 is 2.69 bits per heavy atom. The molecular weight excluding hydrogens is 190 g/mol. The van der Waals surface area contributed by atoms with Gasteiger partial charge in [-0.25, -0.2) is 4.98 Å². The molecule has 1 rings (SSSR count). The molecule has 0 fully saturated rings. The molecule has 13 heavy (non-hydrogen) atoms. The molecule has 0 saturated carbocycles. The molecule has 0 spiro atoms. The molecule has 0 amide bonds. The van der Waals surface area contributed by atoms with Crippen LogP contribution in [0.2, 0.25) is 0 Å². The second-order valence-electron chi connectivity index (χ2n) is 2.08. The van der Waals surface area contributed by atoms with Gasteiger partial charge in [0.2, 0.25) is 0 Å². The third-order valence-electron chi connectivity index (χ3n) is 1.19. The summed E-state index contributed by atoms with van der Waals surface area (Å²) in [6.45, 7) is 2.19. The molecule has 0 bridgehead atoms. The first kappa shape index (κ1) is 9.66. The number of aromatic nitrogens is 1. The van der Waals surface area contributed by atoms with E-state index >= 15 is 0 Å². The average Bonchev–Trinajstić information content (AvgIpc) is 2.54. The SMILES string of the molecule is CCO/N=C(\C=O)c1csc(N)n1. The lowest BCUT2D eigenvalue weighted by atomic mass is 10.3. The number of nitrogen functional groups attached to an aromatic ring is 1. The Morgan fingerprint density at radius 3 is 3.15 bits per heavy atom.